The number of hydrogen-bond donors (Lipinski definition) is 1. The Morgan fingerprint density at radius 1 is 1.11 bits per heavy atom. The van der Waals surface area contributed by atoms with Crippen LogP contribution in [0, 0.1) is 17.8 Å². The van der Waals surface area contributed by atoms with Gasteiger partial charge in [0.15, 0.2) is 0 Å². The number of hydrogen-bond acceptors (Lipinski definition) is 3. The number of benzene rings is 1. The molecule has 0 aromatic heterocycles. The van der Waals surface area contributed by atoms with Gasteiger partial charge in [-0.25, -0.2) is 0 Å². The minimum atomic E-state index is -0.247. The van der Waals surface area contributed by atoms with Crippen LogP contribution in [0.4, 0.5) is 0 Å². The minimum absolute atomic E-state index is 0.112. The molecule has 1 aromatic rings. The van der Waals surface area contributed by atoms with Gasteiger partial charge in [0.2, 0.25) is 17.7 Å². The summed E-state index contributed by atoms with van der Waals surface area (Å²) >= 11 is 5.94. The van der Waals surface area contributed by atoms with Gasteiger partial charge >= 0.3 is 0 Å². The Labute approximate surface area is 164 Å². The predicted octanol–water partition coefficient (Wildman–Crippen LogP) is 3.49. The average Bonchev–Trinajstić information content (AvgIpc) is 2.90. The lowest BCUT2D eigenvalue weighted by Gasteiger charge is -2.23. The molecule has 1 N–H and O–H groups in total. The number of carbonyl (C=O) groups excluding carboxylic acids is 3. The van der Waals surface area contributed by atoms with E-state index in [9.17, 15) is 14.4 Å². The van der Waals surface area contributed by atoms with Crippen LogP contribution >= 0.6 is 11.6 Å². The van der Waals surface area contributed by atoms with Gasteiger partial charge in [-0.3, -0.25) is 19.3 Å². The van der Waals surface area contributed by atoms with E-state index in [1.165, 1.54) is 4.90 Å². The number of fused-ring (bicyclic) bond motifs is 1. The van der Waals surface area contributed by atoms with Gasteiger partial charge in [0.1, 0.15) is 0 Å². The zero-order valence-corrected chi connectivity index (χ0v) is 16.4. The molecule has 1 aliphatic heterocycles. The number of imide groups is 1. The Bertz CT molecular complexity index is 731. The third-order valence-electron chi connectivity index (χ3n) is 5.37. The molecule has 3 rings (SSSR count). The van der Waals surface area contributed by atoms with Gasteiger partial charge in [-0.1, -0.05) is 49.7 Å². The van der Waals surface area contributed by atoms with Crippen LogP contribution in [-0.4, -0.2) is 29.2 Å². The van der Waals surface area contributed by atoms with Gasteiger partial charge in [-0.05, 0) is 36.5 Å². The van der Waals surface area contributed by atoms with Crippen LogP contribution in [0.25, 0.3) is 0 Å². The van der Waals surface area contributed by atoms with E-state index in [1.807, 2.05) is 38.1 Å². The normalized spacial score (nSPS) is 22.9. The second kappa shape index (κ2) is 8.26. The van der Waals surface area contributed by atoms with E-state index in [-0.39, 0.29) is 54.5 Å². The Kier molecular flexibility index (Phi) is 6.00. The fourth-order valence-electron chi connectivity index (χ4n) is 3.85. The largest absolute Gasteiger partial charge is 0.349 e. The summed E-state index contributed by atoms with van der Waals surface area (Å²) in [6.07, 6.45) is 5.26. The van der Waals surface area contributed by atoms with Crippen molar-refractivity contribution in [1.82, 2.24) is 10.2 Å². The standard InChI is InChI=1S/C21H25ClN2O3/c1-13(2)19(14-7-9-15(22)10-8-14)23-18(25)11-12-24-20(26)16-5-3-4-6-17(16)21(24)27/h3-4,7-10,13,16-17,19H,5-6,11-12H2,1-2H3,(H,23,25)/t16-,17+,19-/m0/s1. The minimum Gasteiger partial charge on any atom is -0.349 e. The Balaban J connectivity index is 1.59. The number of rotatable bonds is 6. The van der Waals surface area contributed by atoms with E-state index in [0.29, 0.717) is 17.9 Å². The molecule has 0 unspecified atom stereocenters. The molecular weight excluding hydrogens is 364 g/mol. The van der Waals surface area contributed by atoms with Crippen molar-refractivity contribution in [2.24, 2.45) is 17.8 Å². The first-order chi connectivity index (χ1) is 12.9. The highest BCUT2D eigenvalue weighted by Crippen LogP contribution is 2.35. The van der Waals surface area contributed by atoms with E-state index in [2.05, 4.69) is 5.32 Å². The zero-order chi connectivity index (χ0) is 19.6. The summed E-state index contributed by atoms with van der Waals surface area (Å²) in [5.41, 5.74) is 0.980. The van der Waals surface area contributed by atoms with Crippen LogP contribution in [0.2, 0.25) is 5.02 Å². The maximum atomic E-state index is 12.5. The second-order valence-electron chi connectivity index (χ2n) is 7.57. The summed E-state index contributed by atoms with van der Waals surface area (Å²) in [6, 6.07) is 7.26. The Hall–Kier alpha value is -2.14. The fourth-order valence-corrected chi connectivity index (χ4v) is 3.98. The first kappa shape index (κ1) is 19.6. The van der Waals surface area contributed by atoms with Crippen molar-refractivity contribution in [3.63, 3.8) is 0 Å². The van der Waals surface area contributed by atoms with Crippen LogP contribution in [0.1, 0.15) is 44.7 Å². The molecule has 3 atom stereocenters. The first-order valence-corrected chi connectivity index (χ1v) is 9.81. The third-order valence-corrected chi connectivity index (χ3v) is 5.63. The molecule has 0 spiro atoms. The first-order valence-electron chi connectivity index (χ1n) is 9.43. The average molecular weight is 389 g/mol. The molecule has 27 heavy (non-hydrogen) atoms. The number of nitrogens with zero attached hydrogens (tertiary/aromatic N) is 1. The maximum absolute atomic E-state index is 12.5. The summed E-state index contributed by atoms with van der Waals surface area (Å²) in [4.78, 5) is 38.7. The number of carbonyl (C=O) groups is 3. The van der Waals surface area contributed by atoms with Crippen molar-refractivity contribution in [3.05, 3.63) is 47.0 Å². The summed E-state index contributed by atoms with van der Waals surface area (Å²) in [6.45, 7) is 4.21. The van der Waals surface area contributed by atoms with E-state index in [0.717, 1.165) is 5.56 Å². The summed E-state index contributed by atoms with van der Waals surface area (Å²) < 4.78 is 0. The lowest BCUT2D eigenvalue weighted by molar-refractivity contribution is -0.140. The highest BCUT2D eigenvalue weighted by Gasteiger charge is 2.46. The monoisotopic (exact) mass is 388 g/mol. The molecule has 1 heterocycles. The van der Waals surface area contributed by atoms with Gasteiger partial charge in [0.25, 0.3) is 0 Å². The van der Waals surface area contributed by atoms with Crippen molar-refractivity contribution in [2.45, 2.75) is 39.2 Å². The molecule has 0 saturated carbocycles. The summed E-state index contributed by atoms with van der Waals surface area (Å²) in [5.74, 6) is -0.747. The second-order valence-corrected chi connectivity index (χ2v) is 8.01. The van der Waals surface area contributed by atoms with Gasteiger partial charge in [-0.2, -0.15) is 0 Å². The number of allylic oxidation sites excluding steroid dienone is 2. The van der Waals surface area contributed by atoms with E-state index in [4.69, 9.17) is 11.6 Å². The topological polar surface area (TPSA) is 66.5 Å². The molecule has 5 nitrogen and oxygen atoms in total. The van der Waals surface area contributed by atoms with Gasteiger partial charge in [0.05, 0.1) is 17.9 Å². The number of halogens is 1. The molecular formula is C21H25ClN2O3. The van der Waals surface area contributed by atoms with Crippen LogP contribution in [0.5, 0.6) is 0 Å². The quantitative estimate of drug-likeness (QED) is 0.599. The van der Waals surface area contributed by atoms with Crippen LogP contribution in [-0.2, 0) is 14.4 Å². The summed E-state index contributed by atoms with van der Waals surface area (Å²) in [5, 5.41) is 3.67. The lowest BCUT2D eigenvalue weighted by Crippen LogP contribution is -2.37. The van der Waals surface area contributed by atoms with Gasteiger partial charge in [-0.15, -0.1) is 0 Å². The van der Waals surface area contributed by atoms with Gasteiger partial charge < -0.3 is 5.32 Å². The number of amides is 3. The van der Waals surface area contributed by atoms with Crippen LogP contribution in [0.15, 0.2) is 36.4 Å². The molecule has 6 heteroatoms. The molecule has 1 saturated heterocycles. The van der Waals surface area contributed by atoms with Crippen LogP contribution in [0.3, 0.4) is 0 Å². The van der Waals surface area contributed by atoms with Crippen molar-refractivity contribution >= 4 is 29.3 Å². The molecule has 0 bridgehead atoms. The van der Waals surface area contributed by atoms with E-state index in [1.54, 1.807) is 12.1 Å². The highest BCUT2D eigenvalue weighted by atomic mass is 35.5. The van der Waals surface area contributed by atoms with E-state index < -0.39 is 0 Å². The number of nitrogens with one attached hydrogen (secondary N) is 1. The van der Waals surface area contributed by atoms with Crippen molar-refractivity contribution in [2.75, 3.05) is 6.54 Å². The lowest BCUT2D eigenvalue weighted by atomic mass is 9.85. The van der Waals surface area contributed by atoms with Crippen molar-refractivity contribution in [3.8, 4) is 0 Å². The summed E-state index contributed by atoms with van der Waals surface area (Å²) in [7, 11) is 0. The smallest absolute Gasteiger partial charge is 0.233 e. The molecule has 1 fully saturated rings. The third kappa shape index (κ3) is 4.24. The van der Waals surface area contributed by atoms with E-state index >= 15 is 0 Å². The molecule has 1 aliphatic carbocycles. The molecule has 144 valence electrons. The number of likely N-dealkylation sites (tertiary alicyclic amines) is 1. The molecule has 3 amide bonds. The maximum Gasteiger partial charge on any atom is 0.233 e. The SMILES string of the molecule is CC(C)[C@H](NC(=O)CCN1C(=O)[C@H]2CC=CC[C@H]2C1=O)c1ccc(Cl)cc1. The fraction of sp³-hybridized carbons (Fsp3) is 0.476. The zero-order valence-electron chi connectivity index (χ0n) is 15.7. The molecule has 0 radical (unpaired) electrons. The molecule has 2 aliphatic rings. The van der Waals surface area contributed by atoms with Crippen molar-refractivity contribution in [1.29, 1.82) is 0 Å². The van der Waals surface area contributed by atoms with Crippen molar-refractivity contribution < 1.29 is 14.4 Å². The van der Waals surface area contributed by atoms with Crippen LogP contribution < -0.4 is 5.32 Å². The predicted molar refractivity (Wildman–Crippen MR) is 104 cm³/mol. The van der Waals surface area contributed by atoms with Gasteiger partial charge in [0, 0.05) is 18.0 Å². The highest BCUT2D eigenvalue weighted by molar-refractivity contribution is 6.30. The molecule has 1 aromatic carbocycles. The Morgan fingerprint density at radius 2 is 1.67 bits per heavy atom. The Morgan fingerprint density at radius 3 is 2.19 bits per heavy atom.